The molecule has 1 fully saturated rings. The Hall–Kier alpha value is -0.930. The van der Waals surface area contributed by atoms with E-state index in [4.69, 9.17) is 4.74 Å². The fourth-order valence-electron chi connectivity index (χ4n) is 1.88. The molecule has 0 radical (unpaired) electrons. The molecule has 1 aliphatic heterocycles. The van der Waals surface area contributed by atoms with Crippen LogP contribution in [0.1, 0.15) is 31.4 Å². The highest BCUT2D eigenvalue weighted by Gasteiger charge is 2.16. The van der Waals surface area contributed by atoms with E-state index in [0.29, 0.717) is 12.1 Å². The van der Waals surface area contributed by atoms with Crippen LogP contribution < -0.4 is 5.32 Å². The molecule has 1 unspecified atom stereocenters. The van der Waals surface area contributed by atoms with Crippen LogP contribution >= 0.6 is 0 Å². The van der Waals surface area contributed by atoms with Crippen molar-refractivity contribution in [2.75, 3.05) is 13.2 Å². The van der Waals surface area contributed by atoms with Crippen molar-refractivity contribution in [2.45, 2.75) is 31.9 Å². The zero-order valence-corrected chi connectivity index (χ0v) is 9.15. The second kappa shape index (κ2) is 5.24. The molecular weight excluding hydrogens is 188 g/mol. The Morgan fingerprint density at radius 3 is 3.00 bits per heavy atom. The topological polar surface area (TPSA) is 34.1 Å². The summed E-state index contributed by atoms with van der Waals surface area (Å²) < 4.78 is 5.56. The van der Waals surface area contributed by atoms with E-state index in [0.717, 1.165) is 13.2 Å². The maximum absolute atomic E-state index is 5.56. The van der Waals surface area contributed by atoms with Crippen LogP contribution in [0.15, 0.2) is 24.5 Å². The summed E-state index contributed by atoms with van der Waals surface area (Å²) in [4.78, 5) is 4.01. The van der Waals surface area contributed by atoms with E-state index in [1.165, 1.54) is 18.4 Å². The average molecular weight is 206 g/mol. The highest BCUT2D eigenvalue weighted by molar-refractivity contribution is 5.13. The normalized spacial score (nSPS) is 22.9. The van der Waals surface area contributed by atoms with Gasteiger partial charge >= 0.3 is 0 Å². The van der Waals surface area contributed by atoms with Crippen LogP contribution in [0.5, 0.6) is 0 Å². The minimum atomic E-state index is 0.372. The van der Waals surface area contributed by atoms with Crippen LogP contribution in [0, 0.1) is 0 Å². The largest absolute Gasteiger partial charge is 0.377 e. The fourth-order valence-corrected chi connectivity index (χ4v) is 1.88. The zero-order valence-electron chi connectivity index (χ0n) is 9.15. The number of ether oxygens (including phenoxy) is 1. The minimum absolute atomic E-state index is 0.372. The Labute approximate surface area is 90.9 Å². The van der Waals surface area contributed by atoms with Gasteiger partial charge in [0.15, 0.2) is 0 Å². The molecule has 0 aromatic carbocycles. The standard InChI is InChI=1S/C12H18N2O/c1-10(11-4-6-13-7-5-11)14-9-12-3-2-8-15-12/h4-7,10,12,14H,2-3,8-9H2,1H3/t10-,12?/m1/s1. The van der Waals surface area contributed by atoms with Gasteiger partial charge in [-0.2, -0.15) is 0 Å². The summed E-state index contributed by atoms with van der Waals surface area (Å²) >= 11 is 0. The van der Waals surface area contributed by atoms with Crippen molar-refractivity contribution in [3.63, 3.8) is 0 Å². The molecule has 15 heavy (non-hydrogen) atoms. The third-order valence-corrected chi connectivity index (χ3v) is 2.88. The van der Waals surface area contributed by atoms with Crippen molar-refractivity contribution < 1.29 is 4.74 Å². The van der Waals surface area contributed by atoms with Gasteiger partial charge in [-0.3, -0.25) is 4.98 Å². The van der Waals surface area contributed by atoms with Crippen molar-refractivity contribution in [3.05, 3.63) is 30.1 Å². The van der Waals surface area contributed by atoms with Gasteiger partial charge in [0.05, 0.1) is 6.10 Å². The van der Waals surface area contributed by atoms with Gasteiger partial charge in [0, 0.05) is 31.6 Å². The molecule has 82 valence electrons. The summed E-state index contributed by atoms with van der Waals surface area (Å²) in [6.07, 6.45) is 6.47. The Morgan fingerprint density at radius 2 is 2.33 bits per heavy atom. The Morgan fingerprint density at radius 1 is 1.53 bits per heavy atom. The van der Waals surface area contributed by atoms with Crippen LogP contribution in [-0.2, 0) is 4.74 Å². The molecule has 3 heteroatoms. The molecule has 0 aliphatic carbocycles. The van der Waals surface area contributed by atoms with Crippen molar-refractivity contribution in [2.24, 2.45) is 0 Å². The van der Waals surface area contributed by atoms with Crippen LogP contribution in [0.2, 0.25) is 0 Å². The highest BCUT2D eigenvalue weighted by atomic mass is 16.5. The predicted octanol–water partition coefficient (Wildman–Crippen LogP) is 1.91. The second-order valence-corrected chi connectivity index (χ2v) is 4.05. The molecule has 1 aliphatic rings. The number of nitrogens with one attached hydrogen (secondary N) is 1. The van der Waals surface area contributed by atoms with E-state index in [2.05, 4.69) is 17.2 Å². The first-order valence-electron chi connectivity index (χ1n) is 5.61. The number of hydrogen-bond acceptors (Lipinski definition) is 3. The molecular formula is C12H18N2O. The summed E-state index contributed by atoms with van der Waals surface area (Å²) in [6, 6.07) is 4.47. The van der Waals surface area contributed by atoms with Gasteiger partial charge in [-0.25, -0.2) is 0 Å². The molecule has 0 bridgehead atoms. The van der Waals surface area contributed by atoms with E-state index in [1.807, 2.05) is 24.5 Å². The summed E-state index contributed by atoms with van der Waals surface area (Å²) in [6.45, 7) is 4.05. The van der Waals surface area contributed by atoms with Crippen molar-refractivity contribution in [1.29, 1.82) is 0 Å². The lowest BCUT2D eigenvalue weighted by molar-refractivity contribution is 0.108. The molecule has 1 aromatic heterocycles. The molecule has 1 aromatic rings. The van der Waals surface area contributed by atoms with Gasteiger partial charge in [-0.15, -0.1) is 0 Å². The number of rotatable bonds is 4. The van der Waals surface area contributed by atoms with E-state index in [9.17, 15) is 0 Å². The lowest BCUT2D eigenvalue weighted by Crippen LogP contribution is -2.28. The van der Waals surface area contributed by atoms with Gasteiger partial charge in [0.1, 0.15) is 0 Å². The Kier molecular flexibility index (Phi) is 3.69. The monoisotopic (exact) mass is 206 g/mol. The highest BCUT2D eigenvalue weighted by Crippen LogP contribution is 2.14. The number of hydrogen-bond donors (Lipinski definition) is 1. The second-order valence-electron chi connectivity index (χ2n) is 4.05. The maximum Gasteiger partial charge on any atom is 0.0700 e. The minimum Gasteiger partial charge on any atom is -0.377 e. The summed E-state index contributed by atoms with van der Waals surface area (Å²) in [7, 11) is 0. The van der Waals surface area contributed by atoms with E-state index in [1.54, 1.807) is 0 Å². The SMILES string of the molecule is C[C@@H](NCC1CCCO1)c1ccncc1. The van der Waals surface area contributed by atoms with Crippen LogP contribution in [0.3, 0.4) is 0 Å². The van der Waals surface area contributed by atoms with E-state index >= 15 is 0 Å². The van der Waals surface area contributed by atoms with Gasteiger partial charge in [0.25, 0.3) is 0 Å². The number of nitrogens with zero attached hydrogens (tertiary/aromatic N) is 1. The Bertz CT molecular complexity index is 283. The average Bonchev–Trinajstić information content (AvgIpc) is 2.80. The fraction of sp³-hybridized carbons (Fsp3) is 0.583. The van der Waals surface area contributed by atoms with Gasteiger partial charge in [-0.05, 0) is 37.5 Å². The Balaban J connectivity index is 1.79. The third-order valence-electron chi connectivity index (χ3n) is 2.88. The summed E-state index contributed by atoms with van der Waals surface area (Å²) in [5.74, 6) is 0. The van der Waals surface area contributed by atoms with E-state index in [-0.39, 0.29) is 0 Å². The van der Waals surface area contributed by atoms with Crippen molar-refractivity contribution in [3.8, 4) is 0 Å². The van der Waals surface area contributed by atoms with Gasteiger partial charge in [-0.1, -0.05) is 0 Å². The maximum atomic E-state index is 5.56. The smallest absolute Gasteiger partial charge is 0.0700 e. The molecule has 3 nitrogen and oxygen atoms in total. The summed E-state index contributed by atoms with van der Waals surface area (Å²) in [5.41, 5.74) is 1.28. The van der Waals surface area contributed by atoms with Gasteiger partial charge in [0.2, 0.25) is 0 Å². The first kappa shape index (κ1) is 10.6. The molecule has 0 amide bonds. The van der Waals surface area contributed by atoms with Crippen LogP contribution in [0.25, 0.3) is 0 Å². The lowest BCUT2D eigenvalue weighted by atomic mass is 10.1. The number of aromatic nitrogens is 1. The van der Waals surface area contributed by atoms with Crippen LogP contribution in [0.4, 0.5) is 0 Å². The molecule has 0 saturated carbocycles. The third kappa shape index (κ3) is 3.01. The molecule has 1 N–H and O–H groups in total. The van der Waals surface area contributed by atoms with Crippen molar-refractivity contribution in [1.82, 2.24) is 10.3 Å². The first-order chi connectivity index (χ1) is 7.36. The first-order valence-corrected chi connectivity index (χ1v) is 5.61. The van der Waals surface area contributed by atoms with Crippen LogP contribution in [-0.4, -0.2) is 24.2 Å². The number of pyridine rings is 1. The molecule has 2 atom stereocenters. The zero-order chi connectivity index (χ0) is 10.5. The molecule has 0 spiro atoms. The van der Waals surface area contributed by atoms with Gasteiger partial charge < -0.3 is 10.1 Å². The molecule has 1 saturated heterocycles. The molecule has 2 heterocycles. The molecule has 2 rings (SSSR count). The van der Waals surface area contributed by atoms with Crippen molar-refractivity contribution >= 4 is 0 Å². The van der Waals surface area contributed by atoms with E-state index < -0.39 is 0 Å². The summed E-state index contributed by atoms with van der Waals surface area (Å²) in [5, 5.41) is 3.49. The lowest BCUT2D eigenvalue weighted by Gasteiger charge is -2.16. The predicted molar refractivity (Wildman–Crippen MR) is 59.6 cm³/mol. The quantitative estimate of drug-likeness (QED) is 0.817.